The third-order valence-corrected chi connectivity index (χ3v) is 2.10. The first-order chi connectivity index (χ1) is 6.63. The summed E-state index contributed by atoms with van der Waals surface area (Å²) >= 11 is 0. The normalized spacial score (nSPS) is 15.1. The molecule has 0 aliphatic carbocycles. The zero-order chi connectivity index (χ0) is 11.0. The molecule has 82 valence electrons. The fraction of sp³-hybridized carbons (Fsp3) is 0.800. The summed E-state index contributed by atoms with van der Waals surface area (Å²) in [6, 6.07) is 0. The summed E-state index contributed by atoms with van der Waals surface area (Å²) in [6.45, 7) is 10.1. The monoisotopic (exact) mass is 201 g/mol. The van der Waals surface area contributed by atoms with E-state index in [0.29, 0.717) is 0 Å². The minimum atomic E-state index is -0.398. The third-order valence-electron chi connectivity index (χ3n) is 2.10. The van der Waals surface area contributed by atoms with Crippen LogP contribution in [0.15, 0.2) is 0 Å². The Kier molecular flexibility index (Phi) is 7.02. The van der Waals surface area contributed by atoms with Crippen LogP contribution in [0.25, 0.3) is 0 Å². The largest absolute Gasteiger partial charge is 0.393 e. The predicted octanol–water partition coefficient (Wildman–Crippen LogP) is 1.20. The molecular weight excluding hydrogens is 182 g/mol. The lowest BCUT2D eigenvalue weighted by atomic mass is 10.4. The van der Waals surface area contributed by atoms with Gasteiger partial charge in [-0.1, -0.05) is 20.8 Å². The molecule has 0 N–H and O–H groups in total. The number of hydrogen-bond acceptors (Lipinski definition) is 4. The van der Waals surface area contributed by atoms with Crippen molar-refractivity contribution in [2.45, 2.75) is 33.6 Å². The van der Waals surface area contributed by atoms with Crippen molar-refractivity contribution in [1.82, 2.24) is 4.90 Å². The van der Waals surface area contributed by atoms with Gasteiger partial charge in [0.25, 0.3) is 0 Å². The number of cyclic esters (lactones) is 2. The molecule has 1 heterocycles. The molecule has 0 radical (unpaired) electrons. The SMILES string of the molecule is CCN(CC)CC.O=C1CCC(=O)O1. The van der Waals surface area contributed by atoms with Gasteiger partial charge in [0.1, 0.15) is 0 Å². The average molecular weight is 201 g/mol. The molecule has 1 rings (SSSR count). The summed E-state index contributed by atoms with van der Waals surface area (Å²) in [4.78, 5) is 22.4. The highest BCUT2D eigenvalue weighted by atomic mass is 16.6. The Morgan fingerprint density at radius 2 is 1.36 bits per heavy atom. The Labute approximate surface area is 85.2 Å². The van der Waals surface area contributed by atoms with E-state index in [2.05, 4.69) is 30.4 Å². The Bertz CT molecular complexity index is 168. The number of esters is 2. The Morgan fingerprint density at radius 3 is 1.43 bits per heavy atom. The lowest BCUT2D eigenvalue weighted by Gasteiger charge is -2.13. The summed E-state index contributed by atoms with van der Waals surface area (Å²) < 4.78 is 4.08. The molecule has 0 saturated carbocycles. The van der Waals surface area contributed by atoms with E-state index in [1.807, 2.05) is 0 Å². The van der Waals surface area contributed by atoms with Gasteiger partial charge in [-0.2, -0.15) is 0 Å². The van der Waals surface area contributed by atoms with Gasteiger partial charge in [-0.25, -0.2) is 0 Å². The molecule has 1 fully saturated rings. The van der Waals surface area contributed by atoms with Crippen molar-refractivity contribution in [3.63, 3.8) is 0 Å². The molecule has 0 aromatic rings. The second-order valence-electron chi connectivity index (χ2n) is 2.97. The third kappa shape index (κ3) is 5.70. The molecule has 0 aromatic carbocycles. The molecule has 1 saturated heterocycles. The van der Waals surface area contributed by atoms with Crippen LogP contribution >= 0.6 is 0 Å². The number of carbonyl (C=O) groups is 2. The molecule has 0 spiro atoms. The van der Waals surface area contributed by atoms with Gasteiger partial charge in [-0.15, -0.1) is 0 Å². The molecule has 4 nitrogen and oxygen atoms in total. The summed E-state index contributed by atoms with van der Waals surface area (Å²) in [5.74, 6) is -0.796. The molecule has 0 bridgehead atoms. The summed E-state index contributed by atoms with van der Waals surface area (Å²) in [6.07, 6.45) is 0.525. The number of hydrogen-bond donors (Lipinski definition) is 0. The first-order valence-corrected chi connectivity index (χ1v) is 5.09. The van der Waals surface area contributed by atoms with E-state index in [4.69, 9.17) is 0 Å². The summed E-state index contributed by atoms with van der Waals surface area (Å²) in [5.41, 5.74) is 0. The molecule has 1 aliphatic heterocycles. The lowest BCUT2D eigenvalue weighted by Crippen LogP contribution is -2.21. The Hall–Kier alpha value is -0.900. The van der Waals surface area contributed by atoms with E-state index in [0.717, 1.165) is 0 Å². The molecule has 0 unspecified atom stereocenters. The van der Waals surface area contributed by atoms with Crippen LogP contribution in [0, 0.1) is 0 Å². The minimum Gasteiger partial charge on any atom is -0.393 e. The molecule has 14 heavy (non-hydrogen) atoms. The van der Waals surface area contributed by atoms with Crippen molar-refractivity contribution < 1.29 is 14.3 Å². The van der Waals surface area contributed by atoms with Gasteiger partial charge in [-0.05, 0) is 19.6 Å². The first-order valence-electron chi connectivity index (χ1n) is 5.09. The van der Waals surface area contributed by atoms with Crippen molar-refractivity contribution in [1.29, 1.82) is 0 Å². The van der Waals surface area contributed by atoms with Gasteiger partial charge >= 0.3 is 11.9 Å². The summed E-state index contributed by atoms with van der Waals surface area (Å²) in [7, 11) is 0. The van der Waals surface area contributed by atoms with Crippen LogP contribution < -0.4 is 0 Å². The van der Waals surface area contributed by atoms with Crippen molar-refractivity contribution in [3.05, 3.63) is 0 Å². The highest BCUT2D eigenvalue weighted by Gasteiger charge is 2.19. The zero-order valence-electron chi connectivity index (χ0n) is 9.21. The maximum Gasteiger partial charge on any atom is 0.314 e. The van der Waals surface area contributed by atoms with E-state index < -0.39 is 11.9 Å². The molecule has 1 aliphatic rings. The van der Waals surface area contributed by atoms with Gasteiger partial charge in [0, 0.05) is 0 Å². The van der Waals surface area contributed by atoms with Crippen LogP contribution in [-0.4, -0.2) is 36.5 Å². The predicted molar refractivity (Wildman–Crippen MR) is 53.8 cm³/mol. The van der Waals surface area contributed by atoms with Crippen molar-refractivity contribution in [2.75, 3.05) is 19.6 Å². The van der Waals surface area contributed by atoms with Gasteiger partial charge < -0.3 is 9.64 Å². The van der Waals surface area contributed by atoms with Crippen molar-refractivity contribution in [3.8, 4) is 0 Å². The van der Waals surface area contributed by atoms with Crippen molar-refractivity contribution in [2.24, 2.45) is 0 Å². The quantitative estimate of drug-likeness (QED) is 0.508. The molecule has 0 atom stereocenters. The number of rotatable bonds is 3. The van der Waals surface area contributed by atoms with E-state index in [1.54, 1.807) is 0 Å². The zero-order valence-corrected chi connectivity index (χ0v) is 9.21. The minimum absolute atomic E-state index is 0.263. The van der Waals surface area contributed by atoms with Gasteiger partial charge in [0.15, 0.2) is 0 Å². The smallest absolute Gasteiger partial charge is 0.314 e. The van der Waals surface area contributed by atoms with Crippen LogP contribution in [0.2, 0.25) is 0 Å². The second kappa shape index (κ2) is 7.50. The summed E-state index contributed by atoms with van der Waals surface area (Å²) in [5, 5.41) is 0. The topological polar surface area (TPSA) is 46.6 Å². The van der Waals surface area contributed by atoms with Gasteiger partial charge in [0.2, 0.25) is 0 Å². The fourth-order valence-corrected chi connectivity index (χ4v) is 1.10. The first kappa shape index (κ1) is 13.1. The van der Waals surface area contributed by atoms with E-state index in [9.17, 15) is 9.59 Å². The van der Waals surface area contributed by atoms with E-state index >= 15 is 0 Å². The van der Waals surface area contributed by atoms with Crippen LogP contribution in [0.5, 0.6) is 0 Å². The Morgan fingerprint density at radius 1 is 1.00 bits per heavy atom. The molecule has 0 aromatic heterocycles. The van der Waals surface area contributed by atoms with Crippen LogP contribution in [0.3, 0.4) is 0 Å². The fourth-order valence-electron chi connectivity index (χ4n) is 1.10. The highest BCUT2D eigenvalue weighted by molar-refractivity contribution is 5.92. The number of carbonyl (C=O) groups excluding carboxylic acids is 2. The maximum atomic E-state index is 10.0. The second-order valence-corrected chi connectivity index (χ2v) is 2.97. The standard InChI is InChI=1S/C6H15N.C4H4O3/c1-4-7(5-2)6-3;5-3-1-2-4(6)7-3/h4-6H2,1-3H3;1-2H2. The Balaban J connectivity index is 0.000000241. The van der Waals surface area contributed by atoms with Crippen LogP contribution in [0.1, 0.15) is 33.6 Å². The number of nitrogens with zero attached hydrogens (tertiary/aromatic N) is 1. The van der Waals surface area contributed by atoms with Gasteiger partial charge in [0.05, 0.1) is 12.8 Å². The van der Waals surface area contributed by atoms with Crippen LogP contribution in [0.4, 0.5) is 0 Å². The van der Waals surface area contributed by atoms with E-state index in [-0.39, 0.29) is 12.8 Å². The molecular formula is C10H19NO3. The maximum absolute atomic E-state index is 10.0. The van der Waals surface area contributed by atoms with Crippen LogP contribution in [-0.2, 0) is 14.3 Å². The molecule has 4 heteroatoms. The number of ether oxygens (including phenoxy) is 1. The van der Waals surface area contributed by atoms with Gasteiger partial charge in [-0.3, -0.25) is 9.59 Å². The molecule has 0 amide bonds. The highest BCUT2D eigenvalue weighted by Crippen LogP contribution is 2.03. The average Bonchev–Trinajstić information content (AvgIpc) is 2.54. The van der Waals surface area contributed by atoms with E-state index in [1.165, 1.54) is 19.6 Å². The van der Waals surface area contributed by atoms with Crippen molar-refractivity contribution >= 4 is 11.9 Å². The lowest BCUT2D eigenvalue weighted by molar-refractivity contribution is -0.151.